The van der Waals surface area contributed by atoms with Crippen molar-refractivity contribution < 1.29 is 9.59 Å². The predicted octanol–water partition coefficient (Wildman–Crippen LogP) is 2.62. The number of carbonyl (C=O) groups excluding carboxylic acids is 2. The molecule has 0 radical (unpaired) electrons. The van der Waals surface area contributed by atoms with E-state index in [4.69, 9.17) is 0 Å². The van der Waals surface area contributed by atoms with Crippen LogP contribution in [0.3, 0.4) is 0 Å². The summed E-state index contributed by atoms with van der Waals surface area (Å²) >= 11 is 0. The lowest BCUT2D eigenvalue weighted by Gasteiger charge is -2.20. The maximum absolute atomic E-state index is 11.9. The van der Waals surface area contributed by atoms with Crippen molar-refractivity contribution in [1.82, 2.24) is 10.3 Å². The Morgan fingerprint density at radius 2 is 1.77 bits per heavy atom. The average Bonchev–Trinajstić information content (AvgIpc) is 2.36. The second-order valence-corrected chi connectivity index (χ2v) is 7.12. The van der Waals surface area contributed by atoms with Gasteiger partial charge in [-0.15, -0.1) is 0 Å². The molecule has 0 atom stereocenters. The lowest BCUT2D eigenvalue weighted by Crippen LogP contribution is -2.40. The van der Waals surface area contributed by atoms with Gasteiger partial charge < -0.3 is 5.32 Å². The number of anilines is 1. The first-order valence-electron chi connectivity index (χ1n) is 7.11. The van der Waals surface area contributed by atoms with Crippen molar-refractivity contribution in [2.24, 2.45) is 10.5 Å². The molecular weight excluding hydrogens is 280 g/mol. The van der Waals surface area contributed by atoms with E-state index in [9.17, 15) is 9.59 Å². The summed E-state index contributed by atoms with van der Waals surface area (Å²) in [5.74, 6) is 0.199. The molecule has 6 nitrogen and oxygen atoms in total. The Labute approximate surface area is 131 Å². The Bertz CT molecular complexity index is 563. The van der Waals surface area contributed by atoms with Crippen molar-refractivity contribution in [2.45, 2.75) is 47.1 Å². The molecule has 6 heteroatoms. The Kier molecular flexibility index (Phi) is 5.41. The minimum absolute atomic E-state index is 0.0822. The zero-order valence-corrected chi connectivity index (χ0v) is 14.0. The van der Waals surface area contributed by atoms with Gasteiger partial charge in [-0.2, -0.15) is 5.10 Å². The summed E-state index contributed by atoms with van der Waals surface area (Å²) in [5.41, 5.74) is 2.37. The molecule has 120 valence electrons. The zero-order valence-electron chi connectivity index (χ0n) is 14.0. The monoisotopic (exact) mass is 304 g/mol. The smallest absolute Gasteiger partial charge is 0.253 e. The number of ketones is 1. The van der Waals surface area contributed by atoms with Gasteiger partial charge in [0.2, 0.25) is 0 Å². The molecule has 1 rings (SSSR count). The standard InChI is InChI=1S/C16H24N4O2/c1-15(2,3)12(21)10-18-20-13-8-7-11(9-17-13)14(22)19-16(4,5)6/h7-10H,1-6H3,(H,17,20)(H,19,22)/b18-10+. The Morgan fingerprint density at radius 1 is 1.14 bits per heavy atom. The average molecular weight is 304 g/mol. The molecule has 2 N–H and O–H groups in total. The van der Waals surface area contributed by atoms with Gasteiger partial charge in [-0.25, -0.2) is 4.98 Å². The molecule has 1 aromatic heterocycles. The van der Waals surface area contributed by atoms with Crippen molar-refractivity contribution in [3.8, 4) is 0 Å². The van der Waals surface area contributed by atoms with Gasteiger partial charge >= 0.3 is 0 Å². The van der Waals surface area contributed by atoms with Crippen molar-refractivity contribution in [3.63, 3.8) is 0 Å². The lowest BCUT2D eigenvalue weighted by atomic mass is 9.92. The quantitative estimate of drug-likeness (QED) is 0.661. The first kappa shape index (κ1) is 17.8. The van der Waals surface area contributed by atoms with Crippen LogP contribution in [0.5, 0.6) is 0 Å². The van der Waals surface area contributed by atoms with Crippen LogP contribution in [0.25, 0.3) is 0 Å². The Balaban J connectivity index is 2.65. The molecule has 1 heterocycles. The van der Waals surface area contributed by atoms with Crippen LogP contribution in [0.1, 0.15) is 51.9 Å². The maximum atomic E-state index is 11.9. The second-order valence-electron chi connectivity index (χ2n) is 7.12. The number of pyridine rings is 1. The number of nitrogens with one attached hydrogen (secondary N) is 2. The SMILES string of the molecule is CC(C)(C)NC(=O)c1ccc(N/N=C/C(=O)C(C)(C)C)nc1. The van der Waals surface area contributed by atoms with Gasteiger partial charge in [0.05, 0.1) is 11.8 Å². The number of nitrogens with zero attached hydrogens (tertiary/aromatic N) is 2. The van der Waals surface area contributed by atoms with E-state index in [1.54, 1.807) is 12.1 Å². The van der Waals surface area contributed by atoms with Crippen molar-refractivity contribution in [1.29, 1.82) is 0 Å². The van der Waals surface area contributed by atoms with E-state index < -0.39 is 5.41 Å². The van der Waals surface area contributed by atoms with Crippen LogP contribution < -0.4 is 10.7 Å². The third kappa shape index (κ3) is 6.03. The van der Waals surface area contributed by atoms with Crippen LogP contribution in [-0.2, 0) is 4.79 Å². The highest BCUT2D eigenvalue weighted by Gasteiger charge is 2.19. The van der Waals surface area contributed by atoms with Crippen molar-refractivity contribution in [2.75, 3.05) is 5.43 Å². The molecule has 1 aromatic rings. The van der Waals surface area contributed by atoms with Crippen LogP contribution in [-0.4, -0.2) is 28.4 Å². The normalized spacial score (nSPS) is 12.3. The van der Waals surface area contributed by atoms with Crippen LogP contribution in [0.2, 0.25) is 0 Å². The number of carbonyl (C=O) groups is 2. The molecule has 0 aromatic carbocycles. The van der Waals surface area contributed by atoms with Gasteiger partial charge in [0.15, 0.2) is 5.78 Å². The molecule has 0 bridgehead atoms. The fourth-order valence-electron chi connectivity index (χ4n) is 1.36. The van der Waals surface area contributed by atoms with Crippen LogP contribution in [0, 0.1) is 5.41 Å². The fraction of sp³-hybridized carbons (Fsp3) is 0.500. The van der Waals surface area contributed by atoms with E-state index in [1.165, 1.54) is 12.4 Å². The number of hydrogen-bond acceptors (Lipinski definition) is 5. The van der Waals surface area contributed by atoms with E-state index in [-0.39, 0.29) is 17.2 Å². The first-order valence-corrected chi connectivity index (χ1v) is 7.11. The highest BCUT2D eigenvalue weighted by atomic mass is 16.1. The molecule has 0 fully saturated rings. The molecule has 22 heavy (non-hydrogen) atoms. The molecule has 0 saturated heterocycles. The van der Waals surface area contributed by atoms with Gasteiger partial charge in [0.1, 0.15) is 5.82 Å². The number of rotatable bonds is 4. The van der Waals surface area contributed by atoms with Gasteiger partial charge in [0.25, 0.3) is 5.91 Å². The first-order chi connectivity index (χ1) is 9.99. The maximum Gasteiger partial charge on any atom is 0.253 e. The topological polar surface area (TPSA) is 83.5 Å². The van der Waals surface area contributed by atoms with Gasteiger partial charge in [-0.1, -0.05) is 20.8 Å². The van der Waals surface area contributed by atoms with E-state index in [0.29, 0.717) is 11.4 Å². The molecule has 0 aliphatic rings. The summed E-state index contributed by atoms with van der Waals surface area (Å²) in [7, 11) is 0. The van der Waals surface area contributed by atoms with E-state index >= 15 is 0 Å². The van der Waals surface area contributed by atoms with Crippen molar-refractivity contribution >= 4 is 23.7 Å². The predicted molar refractivity (Wildman–Crippen MR) is 88.0 cm³/mol. The minimum Gasteiger partial charge on any atom is -0.347 e. The van der Waals surface area contributed by atoms with Crippen LogP contribution in [0.15, 0.2) is 23.4 Å². The van der Waals surface area contributed by atoms with Gasteiger partial charge in [0, 0.05) is 17.2 Å². The van der Waals surface area contributed by atoms with E-state index in [2.05, 4.69) is 20.8 Å². The largest absolute Gasteiger partial charge is 0.347 e. The number of amides is 1. The molecule has 0 spiro atoms. The number of Topliss-reactive ketones (excluding diaryl/α,β-unsaturated/α-hetero) is 1. The Hall–Kier alpha value is -2.24. The molecular formula is C16H24N4O2. The molecule has 0 saturated carbocycles. The minimum atomic E-state index is -0.465. The number of hydrazone groups is 1. The lowest BCUT2D eigenvalue weighted by molar-refractivity contribution is -0.119. The van der Waals surface area contributed by atoms with E-state index in [0.717, 1.165) is 0 Å². The highest BCUT2D eigenvalue weighted by molar-refractivity contribution is 6.29. The molecule has 0 aliphatic carbocycles. The summed E-state index contributed by atoms with van der Waals surface area (Å²) in [6.45, 7) is 11.2. The molecule has 0 aliphatic heterocycles. The fourth-order valence-corrected chi connectivity index (χ4v) is 1.36. The molecule has 0 unspecified atom stereocenters. The summed E-state index contributed by atoms with van der Waals surface area (Å²) in [6, 6.07) is 3.29. The number of hydrogen-bond donors (Lipinski definition) is 2. The van der Waals surface area contributed by atoms with Crippen LogP contribution >= 0.6 is 0 Å². The third-order valence-electron chi connectivity index (χ3n) is 2.61. The highest BCUT2D eigenvalue weighted by Crippen LogP contribution is 2.13. The third-order valence-corrected chi connectivity index (χ3v) is 2.61. The van der Waals surface area contributed by atoms with Gasteiger partial charge in [-0.3, -0.25) is 15.0 Å². The summed E-state index contributed by atoms with van der Waals surface area (Å²) < 4.78 is 0. The summed E-state index contributed by atoms with van der Waals surface area (Å²) in [4.78, 5) is 27.7. The zero-order chi connectivity index (χ0) is 17.0. The second kappa shape index (κ2) is 6.68. The molecule has 1 amide bonds. The summed E-state index contributed by atoms with van der Waals surface area (Å²) in [5, 5.41) is 6.71. The van der Waals surface area contributed by atoms with Crippen LogP contribution in [0.4, 0.5) is 5.82 Å². The Morgan fingerprint density at radius 3 is 2.23 bits per heavy atom. The number of aromatic nitrogens is 1. The van der Waals surface area contributed by atoms with Crippen molar-refractivity contribution in [3.05, 3.63) is 23.9 Å². The summed E-state index contributed by atoms with van der Waals surface area (Å²) in [6.07, 6.45) is 2.70. The van der Waals surface area contributed by atoms with Gasteiger partial charge in [-0.05, 0) is 32.9 Å². The van der Waals surface area contributed by atoms with E-state index in [1.807, 2.05) is 41.5 Å².